The first-order chi connectivity index (χ1) is 9.76. The van der Waals surface area contributed by atoms with Crippen molar-refractivity contribution < 1.29 is 9.47 Å². The fourth-order valence-corrected chi connectivity index (χ4v) is 3.36. The van der Waals surface area contributed by atoms with Gasteiger partial charge in [0.05, 0.1) is 18.8 Å². The first kappa shape index (κ1) is 13.9. The quantitative estimate of drug-likeness (QED) is 0.896. The monoisotopic (exact) mass is 275 g/mol. The van der Waals surface area contributed by atoms with Crippen molar-refractivity contribution in [3.05, 3.63) is 29.3 Å². The third kappa shape index (κ3) is 2.99. The Balaban J connectivity index is 1.57. The highest BCUT2D eigenvalue weighted by atomic mass is 16.5. The standard InChI is InChI=1S/C17H25NO2/c1-12-3-7-17(20-12)15(18-2)6-4-13-5-8-16-14(11-13)9-10-19-16/h5,8,11-12,15,17-18H,3-4,6-7,9-10H2,1-2H3. The lowest BCUT2D eigenvalue weighted by Crippen LogP contribution is -2.38. The highest BCUT2D eigenvalue weighted by molar-refractivity contribution is 5.39. The maximum absolute atomic E-state index is 5.99. The molecule has 0 bridgehead atoms. The number of rotatable bonds is 5. The van der Waals surface area contributed by atoms with Crippen LogP contribution in [0.3, 0.4) is 0 Å². The van der Waals surface area contributed by atoms with E-state index in [1.807, 2.05) is 7.05 Å². The predicted octanol–water partition coefficient (Wildman–Crippen LogP) is 2.71. The van der Waals surface area contributed by atoms with Gasteiger partial charge in [0.25, 0.3) is 0 Å². The summed E-state index contributed by atoms with van der Waals surface area (Å²) < 4.78 is 11.6. The van der Waals surface area contributed by atoms with Crippen LogP contribution < -0.4 is 10.1 Å². The van der Waals surface area contributed by atoms with Gasteiger partial charge in [-0.05, 0) is 56.8 Å². The van der Waals surface area contributed by atoms with Gasteiger partial charge in [0.15, 0.2) is 0 Å². The normalized spacial score (nSPS) is 26.3. The van der Waals surface area contributed by atoms with Gasteiger partial charge in [-0.2, -0.15) is 0 Å². The number of hydrogen-bond donors (Lipinski definition) is 1. The van der Waals surface area contributed by atoms with Crippen molar-refractivity contribution in [2.45, 2.75) is 57.3 Å². The molecule has 2 heterocycles. The number of nitrogens with one attached hydrogen (secondary N) is 1. The molecule has 1 aromatic carbocycles. The Kier molecular flexibility index (Phi) is 4.27. The molecule has 1 aromatic rings. The average Bonchev–Trinajstić information content (AvgIpc) is 3.08. The number of likely N-dealkylation sites (N-methyl/N-ethyl adjacent to an activating group) is 1. The van der Waals surface area contributed by atoms with Gasteiger partial charge in [-0.1, -0.05) is 12.1 Å². The summed E-state index contributed by atoms with van der Waals surface area (Å²) in [7, 11) is 2.05. The fourth-order valence-electron chi connectivity index (χ4n) is 3.36. The van der Waals surface area contributed by atoms with E-state index < -0.39 is 0 Å². The van der Waals surface area contributed by atoms with Gasteiger partial charge in [-0.15, -0.1) is 0 Å². The summed E-state index contributed by atoms with van der Waals surface area (Å²) in [5, 5.41) is 3.44. The minimum Gasteiger partial charge on any atom is -0.493 e. The largest absolute Gasteiger partial charge is 0.493 e. The zero-order valence-corrected chi connectivity index (χ0v) is 12.5. The van der Waals surface area contributed by atoms with Gasteiger partial charge in [0, 0.05) is 12.5 Å². The van der Waals surface area contributed by atoms with Crippen molar-refractivity contribution in [2.24, 2.45) is 0 Å². The molecular formula is C17H25NO2. The van der Waals surface area contributed by atoms with Crippen molar-refractivity contribution in [1.82, 2.24) is 5.32 Å². The Bertz CT molecular complexity index is 460. The molecule has 3 rings (SSSR count). The summed E-state index contributed by atoms with van der Waals surface area (Å²) in [5.41, 5.74) is 2.79. The van der Waals surface area contributed by atoms with Crippen LogP contribution in [-0.4, -0.2) is 31.9 Å². The highest BCUT2D eigenvalue weighted by Gasteiger charge is 2.28. The summed E-state index contributed by atoms with van der Waals surface area (Å²) in [6.07, 6.45) is 6.48. The van der Waals surface area contributed by atoms with E-state index in [-0.39, 0.29) is 0 Å². The molecule has 0 aliphatic carbocycles. The van der Waals surface area contributed by atoms with E-state index in [0.717, 1.165) is 31.6 Å². The average molecular weight is 275 g/mol. The van der Waals surface area contributed by atoms with Crippen molar-refractivity contribution >= 4 is 0 Å². The summed E-state index contributed by atoms with van der Waals surface area (Å²) in [6, 6.07) is 7.10. The van der Waals surface area contributed by atoms with E-state index in [4.69, 9.17) is 9.47 Å². The second-order valence-corrected chi connectivity index (χ2v) is 6.04. The van der Waals surface area contributed by atoms with E-state index in [1.165, 1.54) is 24.0 Å². The minimum atomic E-state index is 0.382. The van der Waals surface area contributed by atoms with Gasteiger partial charge >= 0.3 is 0 Å². The Labute approximate surface area is 121 Å². The first-order valence-electron chi connectivity index (χ1n) is 7.83. The Morgan fingerprint density at radius 3 is 3.00 bits per heavy atom. The Morgan fingerprint density at radius 1 is 1.35 bits per heavy atom. The number of aryl methyl sites for hydroxylation is 1. The summed E-state index contributed by atoms with van der Waals surface area (Å²) >= 11 is 0. The third-order valence-electron chi connectivity index (χ3n) is 4.58. The SMILES string of the molecule is CNC(CCc1ccc2c(c1)CCO2)C1CCC(C)O1. The van der Waals surface area contributed by atoms with E-state index in [1.54, 1.807) is 0 Å². The molecule has 0 radical (unpaired) electrons. The van der Waals surface area contributed by atoms with Crippen molar-refractivity contribution in [3.8, 4) is 5.75 Å². The van der Waals surface area contributed by atoms with Crippen molar-refractivity contribution in [1.29, 1.82) is 0 Å². The lowest BCUT2D eigenvalue weighted by molar-refractivity contribution is 0.0319. The molecule has 20 heavy (non-hydrogen) atoms. The lowest BCUT2D eigenvalue weighted by Gasteiger charge is -2.23. The molecule has 0 aromatic heterocycles. The van der Waals surface area contributed by atoms with Crippen LogP contribution in [0.15, 0.2) is 18.2 Å². The Hall–Kier alpha value is -1.06. The van der Waals surface area contributed by atoms with Crippen LogP contribution >= 0.6 is 0 Å². The molecule has 110 valence electrons. The Morgan fingerprint density at radius 2 is 2.25 bits per heavy atom. The fraction of sp³-hybridized carbons (Fsp3) is 0.647. The van der Waals surface area contributed by atoms with E-state index in [2.05, 4.69) is 30.4 Å². The highest BCUT2D eigenvalue weighted by Crippen LogP contribution is 2.27. The van der Waals surface area contributed by atoms with Crippen molar-refractivity contribution in [3.63, 3.8) is 0 Å². The predicted molar refractivity (Wildman–Crippen MR) is 80.4 cm³/mol. The van der Waals surface area contributed by atoms with Crippen LogP contribution in [0.2, 0.25) is 0 Å². The number of ether oxygens (including phenoxy) is 2. The molecule has 0 amide bonds. The topological polar surface area (TPSA) is 30.5 Å². The number of fused-ring (bicyclic) bond motifs is 1. The van der Waals surface area contributed by atoms with Crippen LogP contribution in [0.5, 0.6) is 5.75 Å². The molecule has 2 aliphatic rings. The maximum atomic E-state index is 5.99. The number of benzene rings is 1. The second kappa shape index (κ2) is 6.15. The minimum absolute atomic E-state index is 0.382. The smallest absolute Gasteiger partial charge is 0.122 e. The molecule has 3 atom stereocenters. The van der Waals surface area contributed by atoms with Gasteiger partial charge in [0.2, 0.25) is 0 Å². The molecule has 0 spiro atoms. The first-order valence-corrected chi connectivity index (χ1v) is 7.83. The number of hydrogen-bond acceptors (Lipinski definition) is 3. The molecule has 1 N–H and O–H groups in total. The van der Waals surface area contributed by atoms with Crippen LogP contribution in [0, 0.1) is 0 Å². The molecule has 1 saturated heterocycles. The van der Waals surface area contributed by atoms with Crippen LogP contribution in [0.25, 0.3) is 0 Å². The lowest BCUT2D eigenvalue weighted by atomic mass is 9.98. The maximum Gasteiger partial charge on any atom is 0.122 e. The van der Waals surface area contributed by atoms with Crippen molar-refractivity contribution in [2.75, 3.05) is 13.7 Å². The zero-order chi connectivity index (χ0) is 13.9. The second-order valence-electron chi connectivity index (χ2n) is 6.04. The van der Waals surface area contributed by atoms with E-state index >= 15 is 0 Å². The van der Waals surface area contributed by atoms with Crippen LogP contribution in [0.4, 0.5) is 0 Å². The van der Waals surface area contributed by atoms with Gasteiger partial charge in [0.1, 0.15) is 5.75 Å². The third-order valence-corrected chi connectivity index (χ3v) is 4.58. The molecule has 0 saturated carbocycles. The van der Waals surface area contributed by atoms with Crippen LogP contribution in [-0.2, 0) is 17.6 Å². The van der Waals surface area contributed by atoms with E-state index in [9.17, 15) is 0 Å². The van der Waals surface area contributed by atoms with Crippen LogP contribution in [0.1, 0.15) is 37.3 Å². The summed E-state index contributed by atoms with van der Waals surface area (Å²) in [4.78, 5) is 0. The molecule has 3 heteroatoms. The van der Waals surface area contributed by atoms with Gasteiger partial charge in [-0.3, -0.25) is 0 Å². The van der Waals surface area contributed by atoms with Gasteiger partial charge in [-0.25, -0.2) is 0 Å². The molecule has 1 fully saturated rings. The summed E-state index contributed by atoms with van der Waals surface area (Å²) in [5.74, 6) is 1.08. The van der Waals surface area contributed by atoms with Gasteiger partial charge < -0.3 is 14.8 Å². The molecule has 3 unspecified atom stereocenters. The molecule has 3 nitrogen and oxygen atoms in total. The summed E-state index contributed by atoms with van der Waals surface area (Å²) in [6.45, 7) is 3.01. The molecular weight excluding hydrogens is 250 g/mol. The van der Waals surface area contributed by atoms with E-state index in [0.29, 0.717) is 18.2 Å². The zero-order valence-electron chi connectivity index (χ0n) is 12.5. The molecule has 2 aliphatic heterocycles.